The minimum absolute atomic E-state index is 0.0329. The summed E-state index contributed by atoms with van der Waals surface area (Å²) in [7, 11) is 0. The van der Waals surface area contributed by atoms with Crippen molar-refractivity contribution in [3.05, 3.63) is 11.6 Å². The van der Waals surface area contributed by atoms with Crippen molar-refractivity contribution < 1.29 is 19.8 Å². The van der Waals surface area contributed by atoms with E-state index in [0.717, 1.165) is 51.2 Å². The number of aldehydes is 1. The summed E-state index contributed by atoms with van der Waals surface area (Å²) in [6.45, 7) is 14.0. The fraction of sp³-hybridized carbons (Fsp3) is 0.867. The molecule has 0 amide bonds. The maximum absolute atomic E-state index is 12.8. The molecule has 0 aromatic rings. The number of hydrogen-bond acceptors (Lipinski definition) is 3. The third-order valence-corrected chi connectivity index (χ3v) is 13.1. The van der Waals surface area contributed by atoms with Gasteiger partial charge in [-0.25, -0.2) is 0 Å². The normalized spacial score (nSPS) is 53.9. The van der Waals surface area contributed by atoms with Crippen LogP contribution in [0.4, 0.5) is 0 Å². The molecule has 0 saturated heterocycles. The average Bonchev–Trinajstić information content (AvgIpc) is 2.77. The number of aliphatic hydroxyl groups excluding tert-OH is 1. The highest BCUT2D eigenvalue weighted by molar-refractivity contribution is 5.77. The Morgan fingerprint density at radius 1 is 0.941 bits per heavy atom. The van der Waals surface area contributed by atoms with E-state index < -0.39 is 16.8 Å². The van der Waals surface area contributed by atoms with Gasteiger partial charge < -0.3 is 15.0 Å². The minimum atomic E-state index is -0.713. The zero-order valence-corrected chi connectivity index (χ0v) is 22.2. The number of aliphatic hydroxyl groups is 1. The van der Waals surface area contributed by atoms with E-state index >= 15 is 0 Å². The molecule has 5 aliphatic carbocycles. The summed E-state index contributed by atoms with van der Waals surface area (Å²) in [4.78, 5) is 24.8. The largest absolute Gasteiger partial charge is 0.481 e. The number of aliphatic carboxylic acids is 1. The van der Waals surface area contributed by atoms with Crippen LogP contribution in [-0.2, 0) is 9.59 Å². The van der Waals surface area contributed by atoms with Gasteiger partial charge in [0.25, 0.3) is 0 Å². The first kappa shape index (κ1) is 24.5. The number of carboxylic acid groups (broad SMARTS) is 1. The molecule has 0 aromatic carbocycles. The highest BCUT2D eigenvalue weighted by atomic mass is 16.4. The lowest BCUT2D eigenvalue weighted by Crippen LogP contribution is -2.65. The van der Waals surface area contributed by atoms with Gasteiger partial charge in [0.1, 0.15) is 6.29 Å². The molecule has 4 saturated carbocycles. The van der Waals surface area contributed by atoms with Crippen molar-refractivity contribution in [3.8, 4) is 0 Å². The van der Waals surface area contributed by atoms with Gasteiger partial charge in [0.15, 0.2) is 0 Å². The van der Waals surface area contributed by atoms with Crippen molar-refractivity contribution in [3.63, 3.8) is 0 Å². The van der Waals surface area contributed by atoms with Crippen LogP contribution in [0.25, 0.3) is 0 Å². The van der Waals surface area contributed by atoms with Crippen LogP contribution in [-0.4, -0.2) is 28.6 Å². The summed E-state index contributed by atoms with van der Waals surface area (Å²) in [6.07, 6.45) is 12.2. The fourth-order valence-electron chi connectivity index (χ4n) is 10.6. The Morgan fingerprint density at radius 3 is 2.26 bits per heavy atom. The van der Waals surface area contributed by atoms with E-state index in [9.17, 15) is 19.8 Å². The van der Waals surface area contributed by atoms with Crippen LogP contribution >= 0.6 is 0 Å². The Balaban J connectivity index is 1.60. The molecule has 5 aliphatic rings. The van der Waals surface area contributed by atoms with Gasteiger partial charge in [-0.3, -0.25) is 4.79 Å². The smallest absolute Gasteiger partial charge is 0.310 e. The van der Waals surface area contributed by atoms with Crippen molar-refractivity contribution in [2.24, 2.45) is 50.2 Å². The number of allylic oxidation sites excluding steroid dienone is 2. The van der Waals surface area contributed by atoms with Gasteiger partial charge in [-0.05, 0) is 104 Å². The summed E-state index contributed by atoms with van der Waals surface area (Å²) in [5, 5.41) is 21.4. The van der Waals surface area contributed by atoms with E-state index in [1.165, 1.54) is 5.57 Å². The molecule has 4 heteroatoms. The van der Waals surface area contributed by atoms with Crippen molar-refractivity contribution in [2.75, 3.05) is 0 Å². The number of carbonyl (C=O) groups is 2. The maximum atomic E-state index is 12.8. The Bertz CT molecular complexity index is 936. The highest BCUT2D eigenvalue weighted by Gasteiger charge is 2.69. The number of hydrogen-bond donors (Lipinski definition) is 2. The monoisotopic (exact) mass is 470 g/mol. The second kappa shape index (κ2) is 7.20. The second-order valence-corrected chi connectivity index (χ2v) is 14.7. The molecular formula is C30H46O4. The Kier molecular flexibility index (Phi) is 5.20. The maximum Gasteiger partial charge on any atom is 0.310 e. The van der Waals surface area contributed by atoms with Gasteiger partial charge in [-0.1, -0.05) is 53.2 Å². The summed E-state index contributed by atoms with van der Waals surface area (Å²) < 4.78 is 0. The van der Waals surface area contributed by atoms with Crippen LogP contribution in [0.1, 0.15) is 106 Å². The summed E-state index contributed by atoms with van der Waals surface area (Å²) in [5.41, 5.74) is 0.424. The Hall–Kier alpha value is -1.16. The predicted octanol–water partition coefficient (Wildman–Crippen LogP) is 6.41. The lowest BCUT2D eigenvalue weighted by atomic mass is 9.33. The number of rotatable bonds is 2. The molecular weight excluding hydrogens is 424 g/mol. The third kappa shape index (κ3) is 2.81. The summed E-state index contributed by atoms with van der Waals surface area (Å²) in [6, 6.07) is 0. The van der Waals surface area contributed by atoms with Gasteiger partial charge in [-0.2, -0.15) is 0 Å². The van der Waals surface area contributed by atoms with Gasteiger partial charge in [0.2, 0.25) is 0 Å². The summed E-state index contributed by atoms with van der Waals surface area (Å²) >= 11 is 0. The van der Waals surface area contributed by atoms with Gasteiger partial charge in [-0.15, -0.1) is 0 Å². The van der Waals surface area contributed by atoms with E-state index in [0.29, 0.717) is 31.1 Å². The molecule has 0 aromatic heterocycles. The fourth-order valence-corrected chi connectivity index (χ4v) is 10.6. The third-order valence-electron chi connectivity index (χ3n) is 13.1. The van der Waals surface area contributed by atoms with E-state index in [4.69, 9.17) is 0 Å². The molecule has 190 valence electrons. The van der Waals surface area contributed by atoms with Crippen molar-refractivity contribution in [1.82, 2.24) is 0 Å². The van der Waals surface area contributed by atoms with Crippen LogP contribution < -0.4 is 0 Å². The Morgan fingerprint density at radius 2 is 1.62 bits per heavy atom. The van der Waals surface area contributed by atoms with Crippen LogP contribution in [0.5, 0.6) is 0 Å². The van der Waals surface area contributed by atoms with E-state index in [-0.39, 0.29) is 33.7 Å². The first-order chi connectivity index (χ1) is 15.7. The first-order valence-corrected chi connectivity index (χ1v) is 13.8. The van der Waals surface area contributed by atoms with Crippen LogP contribution in [0.2, 0.25) is 0 Å². The molecule has 0 bridgehead atoms. The quantitative estimate of drug-likeness (QED) is 0.361. The SMILES string of the molecule is CC1(C)[C@H]2CC[C@]3(C)[C@H](CC=C4[C@H]5C[C@](C)(C=O)CC[C@]5(C(=O)O)CC[C@]43C)[C@@]2(C)CC[C@@H]1O. The first-order valence-electron chi connectivity index (χ1n) is 13.8. The molecule has 0 unspecified atom stereocenters. The lowest BCUT2D eigenvalue weighted by Gasteiger charge is -2.71. The highest BCUT2D eigenvalue weighted by Crippen LogP contribution is 2.75. The standard InChI is InChI=1S/C30H46O4/c1-25(2)21-9-12-29(6)22(27(21,4)11-10-23(25)32)8-7-19-20-17-26(3,18-31)13-15-30(20,24(33)34)16-14-28(19,29)5/h7,18,20-23,32H,8-17H2,1-6H3,(H,33,34)/t20-,21-,22-,23+,26-,27+,28-,29-,30+/m1/s1. The Labute approximate surface area is 206 Å². The van der Waals surface area contributed by atoms with Gasteiger partial charge in [0.05, 0.1) is 11.5 Å². The van der Waals surface area contributed by atoms with E-state index in [1.54, 1.807) is 0 Å². The van der Waals surface area contributed by atoms with E-state index in [1.807, 2.05) is 6.92 Å². The van der Waals surface area contributed by atoms with Crippen LogP contribution in [0, 0.1) is 50.2 Å². The zero-order chi connectivity index (χ0) is 24.9. The molecule has 4 fully saturated rings. The molecule has 34 heavy (non-hydrogen) atoms. The van der Waals surface area contributed by atoms with Crippen molar-refractivity contribution >= 4 is 12.3 Å². The van der Waals surface area contributed by atoms with Gasteiger partial charge >= 0.3 is 5.97 Å². The predicted molar refractivity (Wildman–Crippen MR) is 133 cm³/mol. The molecule has 9 atom stereocenters. The average molecular weight is 471 g/mol. The lowest BCUT2D eigenvalue weighted by molar-refractivity contribution is -0.205. The number of carboxylic acids is 1. The molecule has 0 spiro atoms. The zero-order valence-electron chi connectivity index (χ0n) is 22.2. The topological polar surface area (TPSA) is 74.6 Å². The number of fused-ring (bicyclic) bond motifs is 7. The van der Waals surface area contributed by atoms with E-state index in [2.05, 4.69) is 40.7 Å². The minimum Gasteiger partial charge on any atom is -0.481 e. The second-order valence-electron chi connectivity index (χ2n) is 14.7. The molecule has 0 radical (unpaired) electrons. The number of carbonyl (C=O) groups excluding carboxylic acids is 1. The molecule has 0 heterocycles. The molecule has 5 rings (SSSR count). The van der Waals surface area contributed by atoms with Crippen molar-refractivity contribution in [2.45, 2.75) is 112 Å². The molecule has 2 N–H and O–H groups in total. The van der Waals surface area contributed by atoms with Crippen LogP contribution in [0.15, 0.2) is 11.6 Å². The summed E-state index contributed by atoms with van der Waals surface area (Å²) in [5.74, 6) is 0.354. The van der Waals surface area contributed by atoms with Crippen molar-refractivity contribution in [1.29, 1.82) is 0 Å². The van der Waals surface area contributed by atoms with Gasteiger partial charge in [0, 0.05) is 5.41 Å². The molecule has 4 nitrogen and oxygen atoms in total. The molecule has 0 aliphatic heterocycles. The van der Waals surface area contributed by atoms with Crippen LogP contribution in [0.3, 0.4) is 0 Å².